The Kier molecular flexibility index (Phi) is 3.76. The molecule has 0 atom stereocenters. The predicted molar refractivity (Wildman–Crippen MR) is 63.0 cm³/mol. The lowest BCUT2D eigenvalue weighted by Gasteiger charge is -2.20. The number of benzene rings is 1. The van der Waals surface area contributed by atoms with Gasteiger partial charge in [0, 0.05) is 13.1 Å². The zero-order valence-corrected chi connectivity index (χ0v) is 10.2. The van der Waals surface area contributed by atoms with Crippen LogP contribution in [0.4, 0.5) is 4.39 Å². The number of alkyl halides is 1. The Labute approximate surface area is 100 Å². The molecule has 0 unspecified atom stereocenters. The molecule has 0 radical (unpaired) electrons. The first kappa shape index (κ1) is 12.5. The molecule has 1 aliphatic heterocycles. The van der Waals surface area contributed by atoms with Crippen molar-refractivity contribution in [2.24, 2.45) is 0 Å². The van der Waals surface area contributed by atoms with E-state index in [0.29, 0.717) is 13.0 Å². The lowest BCUT2D eigenvalue weighted by atomic mass is 10.0. The number of nitrogens with one attached hydrogen (secondary N) is 2. The van der Waals surface area contributed by atoms with Crippen molar-refractivity contribution in [3.63, 3.8) is 0 Å². The molecule has 0 bridgehead atoms. The van der Waals surface area contributed by atoms with Crippen molar-refractivity contribution < 1.29 is 12.8 Å². The molecule has 0 saturated heterocycles. The first-order chi connectivity index (χ1) is 8.15. The lowest BCUT2D eigenvalue weighted by Crippen LogP contribution is -2.30. The summed E-state index contributed by atoms with van der Waals surface area (Å²) in [4.78, 5) is 0.282. The standard InChI is InChI=1S/C11H15FN2O2S/c12-5-7-14-17(15,16)11-3-1-2-9-8-13-6-4-10(9)11/h1-3,13-14H,4-8H2. The lowest BCUT2D eigenvalue weighted by molar-refractivity contribution is 0.486. The fraction of sp³-hybridized carbons (Fsp3) is 0.455. The Morgan fingerprint density at radius 3 is 3.00 bits per heavy atom. The molecule has 0 saturated carbocycles. The maximum atomic E-state index is 12.0. The zero-order chi connectivity index (χ0) is 12.3. The fourth-order valence-corrected chi connectivity index (χ4v) is 3.32. The van der Waals surface area contributed by atoms with Gasteiger partial charge < -0.3 is 5.32 Å². The molecule has 0 aromatic heterocycles. The quantitative estimate of drug-likeness (QED) is 0.830. The van der Waals surface area contributed by atoms with Crippen molar-refractivity contribution in [3.05, 3.63) is 29.3 Å². The van der Waals surface area contributed by atoms with Crippen LogP contribution in [0.2, 0.25) is 0 Å². The topological polar surface area (TPSA) is 58.2 Å². The maximum Gasteiger partial charge on any atom is 0.240 e. The smallest absolute Gasteiger partial charge is 0.240 e. The van der Waals surface area contributed by atoms with E-state index < -0.39 is 16.7 Å². The summed E-state index contributed by atoms with van der Waals surface area (Å²) in [7, 11) is -3.58. The van der Waals surface area contributed by atoms with E-state index in [1.165, 1.54) is 0 Å². The van der Waals surface area contributed by atoms with E-state index in [2.05, 4.69) is 10.0 Å². The zero-order valence-electron chi connectivity index (χ0n) is 9.37. The molecule has 0 fully saturated rings. The highest BCUT2D eigenvalue weighted by atomic mass is 32.2. The van der Waals surface area contributed by atoms with Crippen LogP contribution in [0.5, 0.6) is 0 Å². The number of sulfonamides is 1. The van der Waals surface area contributed by atoms with Gasteiger partial charge in [-0.3, -0.25) is 0 Å². The van der Waals surface area contributed by atoms with Crippen LogP contribution in [-0.4, -0.2) is 28.2 Å². The van der Waals surface area contributed by atoms with Gasteiger partial charge in [-0.05, 0) is 30.2 Å². The monoisotopic (exact) mass is 258 g/mol. The highest BCUT2D eigenvalue weighted by molar-refractivity contribution is 7.89. The molecule has 94 valence electrons. The molecule has 2 rings (SSSR count). The summed E-state index contributed by atoms with van der Waals surface area (Å²) in [6.07, 6.45) is 0.683. The summed E-state index contributed by atoms with van der Waals surface area (Å²) < 4.78 is 38.2. The van der Waals surface area contributed by atoms with Crippen LogP contribution >= 0.6 is 0 Å². The van der Waals surface area contributed by atoms with Crippen molar-refractivity contribution in [2.45, 2.75) is 17.9 Å². The van der Waals surface area contributed by atoms with E-state index >= 15 is 0 Å². The van der Waals surface area contributed by atoms with Crippen molar-refractivity contribution in [2.75, 3.05) is 19.8 Å². The average molecular weight is 258 g/mol. The third-order valence-corrected chi connectivity index (χ3v) is 4.32. The third kappa shape index (κ3) is 2.65. The number of rotatable bonds is 4. The molecule has 17 heavy (non-hydrogen) atoms. The van der Waals surface area contributed by atoms with Crippen molar-refractivity contribution in [3.8, 4) is 0 Å². The average Bonchev–Trinajstić information content (AvgIpc) is 2.36. The molecule has 4 nitrogen and oxygen atoms in total. The second-order valence-corrected chi connectivity index (χ2v) is 5.64. The van der Waals surface area contributed by atoms with Gasteiger partial charge in [-0.25, -0.2) is 17.5 Å². The van der Waals surface area contributed by atoms with E-state index in [1.54, 1.807) is 12.1 Å². The van der Waals surface area contributed by atoms with Crippen LogP contribution in [0.25, 0.3) is 0 Å². The Morgan fingerprint density at radius 2 is 2.24 bits per heavy atom. The maximum absolute atomic E-state index is 12.0. The first-order valence-corrected chi connectivity index (χ1v) is 7.00. The minimum atomic E-state index is -3.58. The van der Waals surface area contributed by atoms with Gasteiger partial charge in [0.2, 0.25) is 10.0 Å². The van der Waals surface area contributed by atoms with Gasteiger partial charge in [0.15, 0.2) is 0 Å². The van der Waals surface area contributed by atoms with E-state index in [9.17, 15) is 12.8 Å². The Balaban J connectivity index is 2.38. The second-order valence-electron chi connectivity index (χ2n) is 3.91. The molecule has 1 aliphatic rings. The predicted octanol–water partition coefficient (Wildman–Crippen LogP) is 0.580. The van der Waals surface area contributed by atoms with E-state index in [-0.39, 0.29) is 11.4 Å². The summed E-state index contributed by atoms with van der Waals surface area (Å²) in [6.45, 7) is 0.574. The fourth-order valence-electron chi connectivity index (χ4n) is 2.00. The van der Waals surface area contributed by atoms with Gasteiger partial charge in [0.05, 0.1) is 4.90 Å². The Morgan fingerprint density at radius 1 is 1.41 bits per heavy atom. The highest BCUT2D eigenvalue weighted by Gasteiger charge is 2.21. The second kappa shape index (κ2) is 5.12. The van der Waals surface area contributed by atoms with E-state index in [4.69, 9.17) is 0 Å². The van der Waals surface area contributed by atoms with Crippen molar-refractivity contribution in [1.82, 2.24) is 10.0 Å². The number of halogens is 1. The SMILES string of the molecule is O=S(=O)(NCCF)c1cccc2c1CCNC2. The van der Waals surface area contributed by atoms with E-state index in [0.717, 1.165) is 17.7 Å². The number of fused-ring (bicyclic) bond motifs is 1. The van der Waals surface area contributed by atoms with Crippen LogP contribution in [0.15, 0.2) is 23.1 Å². The molecular weight excluding hydrogens is 243 g/mol. The van der Waals surface area contributed by atoms with Crippen LogP contribution in [0, 0.1) is 0 Å². The minimum absolute atomic E-state index is 0.176. The molecule has 1 aromatic rings. The van der Waals surface area contributed by atoms with Gasteiger partial charge in [0.1, 0.15) is 6.67 Å². The van der Waals surface area contributed by atoms with Crippen LogP contribution < -0.4 is 10.0 Å². The van der Waals surface area contributed by atoms with Gasteiger partial charge in [-0.1, -0.05) is 12.1 Å². The van der Waals surface area contributed by atoms with Gasteiger partial charge in [-0.2, -0.15) is 0 Å². The molecule has 1 aromatic carbocycles. The van der Waals surface area contributed by atoms with Crippen LogP contribution in [0.1, 0.15) is 11.1 Å². The van der Waals surface area contributed by atoms with E-state index in [1.807, 2.05) is 6.07 Å². The third-order valence-electron chi connectivity index (χ3n) is 2.77. The summed E-state index contributed by atoms with van der Waals surface area (Å²) in [5.41, 5.74) is 1.84. The highest BCUT2D eigenvalue weighted by Crippen LogP contribution is 2.22. The summed E-state index contributed by atoms with van der Waals surface area (Å²) in [5.74, 6) is 0. The minimum Gasteiger partial charge on any atom is -0.312 e. The largest absolute Gasteiger partial charge is 0.312 e. The molecule has 0 spiro atoms. The normalized spacial score (nSPS) is 15.6. The number of hydrogen-bond donors (Lipinski definition) is 2. The first-order valence-electron chi connectivity index (χ1n) is 5.52. The molecule has 6 heteroatoms. The summed E-state index contributed by atoms with van der Waals surface area (Å²) >= 11 is 0. The molecular formula is C11H15FN2O2S. The Hall–Kier alpha value is -0.980. The summed E-state index contributed by atoms with van der Waals surface area (Å²) in [6, 6.07) is 5.20. The van der Waals surface area contributed by atoms with Crippen LogP contribution in [0.3, 0.4) is 0 Å². The van der Waals surface area contributed by atoms with Gasteiger partial charge >= 0.3 is 0 Å². The summed E-state index contributed by atoms with van der Waals surface area (Å²) in [5, 5.41) is 3.19. The van der Waals surface area contributed by atoms with Crippen LogP contribution in [-0.2, 0) is 23.0 Å². The molecule has 0 aliphatic carbocycles. The van der Waals surface area contributed by atoms with Gasteiger partial charge in [0.25, 0.3) is 0 Å². The molecule has 2 N–H and O–H groups in total. The molecule has 1 heterocycles. The molecule has 0 amide bonds. The Bertz CT molecular complexity index is 502. The number of hydrogen-bond acceptors (Lipinski definition) is 3. The van der Waals surface area contributed by atoms with Gasteiger partial charge in [-0.15, -0.1) is 0 Å². The van der Waals surface area contributed by atoms with Crippen molar-refractivity contribution in [1.29, 1.82) is 0 Å². The van der Waals surface area contributed by atoms with Crippen molar-refractivity contribution >= 4 is 10.0 Å².